The van der Waals surface area contributed by atoms with Crippen LogP contribution in [0.4, 0.5) is 10.8 Å². The molecule has 6 nitrogen and oxygen atoms in total. The molecule has 3 rings (SSSR count). The smallest absolute Gasteiger partial charge is 0.277 e. The van der Waals surface area contributed by atoms with Crippen LogP contribution >= 0.6 is 11.3 Å². The number of nitrogen functional groups attached to an aromatic ring is 1. The third-order valence-corrected chi connectivity index (χ3v) is 3.35. The summed E-state index contributed by atoms with van der Waals surface area (Å²) < 4.78 is 1.58. The second-order valence-electron chi connectivity index (χ2n) is 4.00. The van der Waals surface area contributed by atoms with E-state index in [0.717, 1.165) is 5.69 Å². The van der Waals surface area contributed by atoms with Gasteiger partial charge in [0.2, 0.25) is 0 Å². The fourth-order valence-corrected chi connectivity index (χ4v) is 2.25. The van der Waals surface area contributed by atoms with E-state index in [9.17, 15) is 4.79 Å². The monoisotopic (exact) mass is 285 g/mol. The van der Waals surface area contributed by atoms with Crippen molar-refractivity contribution in [2.45, 2.75) is 0 Å². The topological polar surface area (TPSA) is 85.8 Å². The lowest BCUT2D eigenvalue weighted by atomic mass is 10.3. The number of thiazole rings is 1. The quantitative estimate of drug-likeness (QED) is 0.722. The van der Waals surface area contributed by atoms with Crippen molar-refractivity contribution in [3.63, 3.8) is 0 Å². The molecule has 0 bridgehead atoms. The molecule has 0 atom stereocenters. The van der Waals surface area contributed by atoms with Crippen LogP contribution in [0.2, 0.25) is 0 Å². The SMILES string of the molecule is Nc1ccccc1-n1ccc(C(=O)Nc2nccs2)n1. The minimum Gasteiger partial charge on any atom is -0.397 e. The third kappa shape index (κ3) is 2.39. The Morgan fingerprint density at radius 3 is 2.90 bits per heavy atom. The molecule has 0 spiro atoms. The second-order valence-corrected chi connectivity index (χ2v) is 4.89. The highest BCUT2D eigenvalue weighted by atomic mass is 32.1. The summed E-state index contributed by atoms with van der Waals surface area (Å²) in [6.45, 7) is 0. The third-order valence-electron chi connectivity index (χ3n) is 2.66. The lowest BCUT2D eigenvalue weighted by Crippen LogP contribution is -2.13. The van der Waals surface area contributed by atoms with E-state index in [1.165, 1.54) is 11.3 Å². The molecule has 0 unspecified atom stereocenters. The first kappa shape index (κ1) is 12.4. The van der Waals surface area contributed by atoms with Gasteiger partial charge < -0.3 is 5.73 Å². The Labute approximate surface area is 118 Å². The van der Waals surface area contributed by atoms with E-state index in [4.69, 9.17) is 5.73 Å². The predicted molar refractivity (Wildman–Crippen MR) is 78.0 cm³/mol. The fraction of sp³-hybridized carbons (Fsp3) is 0. The lowest BCUT2D eigenvalue weighted by Gasteiger charge is -2.04. The highest BCUT2D eigenvalue weighted by Crippen LogP contribution is 2.16. The van der Waals surface area contributed by atoms with E-state index in [1.54, 1.807) is 34.6 Å². The van der Waals surface area contributed by atoms with Gasteiger partial charge >= 0.3 is 0 Å². The van der Waals surface area contributed by atoms with Crippen molar-refractivity contribution in [1.82, 2.24) is 14.8 Å². The van der Waals surface area contributed by atoms with Crippen LogP contribution in [0.1, 0.15) is 10.5 Å². The van der Waals surface area contributed by atoms with Gasteiger partial charge in [0.05, 0.1) is 11.4 Å². The number of rotatable bonds is 3. The van der Waals surface area contributed by atoms with Crippen molar-refractivity contribution in [1.29, 1.82) is 0 Å². The first-order chi connectivity index (χ1) is 9.74. The van der Waals surface area contributed by atoms with Gasteiger partial charge in [-0.05, 0) is 18.2 Å². The van der Waals surface area contributed by atoms with Gasteiger partial charge in [-0.25, -0.2) is 9.67 Å². The van der Waals surface area contributed by atoms with Crippen LogP contribution in [0.5, 0.6) is 0 Å². The van der Waals surface area contributed by atoms with Crippen LogP contribution in [0.25, 0.3) is 5.69 Å². The van der Waals surface area contributed by atoms with Gasteiger partial charge in [-0.15, -0.1) is 11.3 Å². The molecule has 0 aliphatic heterocycles. The average Bonchev–Trinajstić information content (AvgIpc) is 3.10. The van der Waals surface area contributed by atoms with Crippen molar-refractivity contribution in [3.8, 4) is 5.69 Å². The van der Waals surface area contributed by atoms with E-state index in [2.05, 4.69) is 15.4 Å². The molecular weight excluding hydrogens is 274 g/mol. The standard InChI is InChI=1S/C13H11N5OS/c14-9-3-1-2-4-11(9)18-7-5-10(17-18)12(19)16-13-15-6-8-20-13/h1-8H,14H2,(H,15,16,19). The molecule has 0 saturated heterocycles. The van der Waals surface area contributed by atoms with Crippen molar-refractivity contribution in [2.75, 3.05) is 11.1 Å². The van der Waals surface area contributed by atoms with Crippen LogP contribution in [-0.2, 0) is 0 Å². The molecule has 0 saturated carbocycles. The first-order valence-electron chi connectivity index (χ1n) is 5.85. The number of nitrogens with zero attached hydrogens (tertiary/aromatic N) is 3. The number of benzene rings is 1. The Balaban J connectivity index is 1.83. The number of amides is 1. The zero-order chi connectivity index (χ0) is 13.9. The average molecular weight is 285 g/mol. The molecule has 1 aromatic carbocycles. The largest absolute Gasteiger partial charge is 0.397 e. The van der Waals surface area contributed by atoms with E-state index in [0.29, 0.717) is 16.5 Å². The zero-order valence-corrected chi connectivity index (χ0v) is 11.2. The van der Waals surface area contributed by atoms with Gasteiger partial charge in [0.15, 0.2) is 10.8 Å². The fourth-order valence-electron chi connectivity index (χ4n) is 1.72. The van der Waals surface area contributed by atoms with E-state index in [-0.39, 0.29) is 5.91 Å². The summed E-state index contributed by atoms with van der Waals surface area (Å²) in [5.41, 5.74) is 7.52. The summed E-state index contributed by atoms with van der Waals surface area (Å²) in [5.74, 6) is -0.298. The van der Waals surface area contributed by atoms with Gasteiger partial charge in [0, 0.05) is 17.8 Å². The summed E-state index contributed by atoms with van der Waals surface area (Å²) in [6, 6.07) is 8.97. The normalized spacial score (nSPS) is 10.4. The van der Waals surface area contributed by atoms with Gasteiger partial charge in [0.1, 0.15) is 0 Å². The molecule has 1 amide bonds. The molecule has 0 radical (unpaired) electrons. The Bertz CT molecular complexity index is 735. The van der Waals surface area contributed by atoms with Crippen LogP contribution < -0.4 is 11.1 Å². The Kier molecular flexibility index (Phi) is 3.18. The van der Waals surface area contributed by atoms with Gasteiger partial charge in [-0.1, -0.05) is 12.1 Å². The van der Waals surface area contributed by atoms with Crippen LogP contribution in [0, 0.1) is 0 Å². The number of carbonyl (C=O) groups is 1. The zero-order valence-electron chi connectivity index (χ0n) is 10.4. The maximum Gasteiger partial charge on any atom is 0.277 e. The molecule has 3 N–H and O–H groups in total. The van der Waals surface area contributed by atoms with E-state index in [1.807, 2.05) is 18.2 Å². The molecule has 0 aliphatic carbocycles. The minimum atomic E-state index is -0.298. The Morgan fingerprint density at radius 1 is 1.30 bits per heavy atom. The summed E-state index contributed by atoms with van der Waals surface area (Å²) in [5, 5.41) is 9.24. The molecule has 2 aromatic heterocycles. The van der Waals surface area contributed by atoms with Gasteiger partial charge in [-0.2, -0.15) is 5.10 Å². The highest BCUT2D eigenvalue weighted by Gasteiger charge is 2.12. The number of carbonyl (C=O) groups excluding carboxylic acids is 1. The number of anilines is 2. The minimum absolute atomic E-state index is 0.298. The number of hydrogen-bond acceptors (Lipinski definition) is 5. The van der Waals surface area contributed by atoms with Crippen LogP contribution in [0.15, 0.2) is 48.1 Å². The summed E-state index contributed by atoms with van der Waals surface area (Å²) in [6.07, 6.45) is 3.33. The summed E-state index contributed by atoms with van der Waals surface area (Å²) in [7, 11) is 0. The molecule has 20 heavy (non-hydrogen) atoms. The predicted octanol–water partition coefficient (Wildman–Crippen LogP) is 2.16. The Morgan fingerprint density at radius 2 is 2.15 bits per heavy atom. The van der Waals surface area contributed by atoms with Crippen molar-refractivity contribution < 1.29 is 4.79 Å². The van der Waals surface area contributed by atoms with Crippen LogP contribution in [-0.4, -0.2) is 20.7 Å². The number of aromatic nitrogens is 3. The van der Waals surface area contributed by atoms with Crippen molar-refractivity contribution in [2.24, 2.45) is 0 Å². The molecule has 0 fully saturated rings. The van der Waals surface area contributed by atoms with E-state index < -0.39 is 0 Å². The molecular formula is C13H11N5OS. The van der Waals surface area contributed by atoms with Crippen LogP contribution in [0.3, 0.4) is 0 Å². The lowest BCUT2D eigenvalue weighted by molar-refractivity contribution is 0.102. The maximum atomic E-state index is 12.0. The maximum absolute atomic E-state index is 12.0. The molecule has 100 valence electrons. The molecule has 7 heteroatoms. The number of para-hydroxylation sites is 2. The summed E-state index contributed by atoms with van der Waals surface area (Å²) in [4.78, 5) is 16.0. The summed E-state index contributed by atoms with van der Waals surface area (Å²) >= 11 is 1.35. The molecule has 2 heterocycles. The van der Waals surface area contributed by atoms with Crippen molar-refractivity contribution >= 4 is 28.1 Å². The Hall–Kier alpha value is -2.67. The van der Waals surface area contributed by atoms with Gasteiger partial charge in [0.25, 0.3) is 5.91 Å². The van der Waals surface area contributed by atoms with Crippen molar-refractivity contribution in [3.05, 3.63) is 53.8 Å². The first-order valence-corrected chi connectivity index (χ1v) is 6.73. The molecule has 0 aliphatic rings. The highest BCUT2D eigenvalue weighted by molar-refractivity contribution is 7.13. The van der Waals surface area contributed by atoms with Gasteiger partial charge in [-0.3, -0.25) is 10.1 Å². The van der Waals surface area contributed by atoms with E-state index >= 15 is 0 Å². The second kappa shape index (κ2) is 5.14. The number of nitrogens with two attached hydrogens (primary N) is 1. The number of hydrogen-bond donors (Lipinski definition) is 2. The number of nitrogens with one attached hydrogen (secondary N) is 1. The molecule has 3 aromatic rings.